The summed E-state index contributed by atoms with van der Waals surface area (Å²) in [5.41, 5.74) is 3.98. The van der Waals surface area contributed by atoms with Gasteiger partial charge in [-0.05, 0) is 53.2 Å². The summed E-state index contributed by atoms with van der Waals surface area (Å²) >= 11 is 3.60. The summed E-state index contributed by atoms with van der Waals surface area (Å²) in [7, 11) is 2.01. The van der Waals surface area contributed by atoms with E-state index in [9.17, 15) is 0 Å². The van der Waals surface area contributed by atoms with Gasteiger partial charge in [-0.25, -0.2) is 0 Å². The van der Waals surface area contributed by atoms with E-state index >= 15 is 0 Å². The van der Waals surface area contributed by atoms with Gasteiger partial charge in [0.2, 0.25) is 0 Å². The third-order valence-electron chi connectivity index (χ3n) is 3.89. The van der Waals surface area contributed by atoms with Crippen LogP contribution in [0.3, 0.4) is 0 Å². The Bertz CT molecular complexity index is 571. The lowest BCUT2D eigenvalue weighted by molar-refractivity contribution is 0.532. The normalized spacial score (nSPS) is 21.8. The first-order valence-electron chi connectivity index (χ1n) is 6.67. The molecule has 1 aromatic heterocycles. The van der Waals surface area contributed by atoms with E-state index in [0.717, 1.165) is 17.3 Å². The van der Waals surface area contributed by atoms with Crippen molar-refractivity contribution in [1.29, 1.82) is 0 Å². The SMILES string of the molecule is CC1CC(Cc2c(Br)cnn2C)c2ccccc2N1. The molecule has 0 amide bonds. The van der Waals surface area contributed by atoms with Gasteiger partial charge < -0.3 is 5.32 Å². The number of halogens is 1. The molecule has 2 aromatic rings. The Kier molecular flexibility index (Phi) is 3.35. The second kappa shape index (κ2) is 5.00. The highest BCUT2D eigenvalue weighted by molar-refractivity contribution is 9.10. The van der Waals surface area contributed by atoms with Crippen LogP contribution in [0.2, 0.25) is 0 Å². The molecule has 2 atom stereocenters. The third-order valence-corrected chi connectivity index (χ3v) is 4.55. The zero-order chi connectivity index (χ0) is 13.4. The average molecular weight is 320 g/mol. The van der Waals surface area contributed by atoms with E-state index in [1.165, 1.54) is 16.9 Å². The number of fused-ring (bicyclic) bond motifs is 1. The molecule has 0 saturated heterocycles. The Balaban J connectivity index is 1.93. The lowest BCUT2D eigenvalue weighted by Gasteiger charge is -2.31. The largest absolute Gasteiger partial charge is 0.382 e. The van der Waals surface area contributed by atoms with Crippen molar-refractivity contribution in [1.82, 2.24) is 9.78 Å². The van der Waals surface area contributed by atoms with Gasteiger partial charge in [0.25, 0.3) is 0 Å². The van der Waals surface area contributed by atoms with E-state index in [-0.39, 0.29) is 0 Å². The number of nitrogens with zero attached hydrogens (tertiary/aromatic N) is 2. The van der Waals surface area contributed by atoms with E-state index in [2.05, 4.69) is 57.5 Å². The van der Waals surface area contributed by atoms with Crippen LogP contribution in [0.4, 0.5) is 5.69 Å². The fourth-order valence-corrected chi connectivity index (χ4v) is 3.47. The number of aromatic nitrogens is 2. The van der Waals surface area contributed by atoms with Crippen LogP contribution in [0.15, 0.2) is 34.9 Å². The maximum Gasteiger partial charge on any atom is 0.0635 e. The van der Waals surface area contributed by atoms with Crippen molar-refractivity contribution in [3.63, 3.8) is 0 Å². The summed E-state index contributed by atoms with van der Waals surface area (Å²) in [6, 6.07) is 9.16. The van der Waals surface area contributed by atoms with Crippen molar-refractivity contribution >= 4 is 21.6 Å². The molecule has 3 nitrogen and oxygen atoms in total. The Morgan fingerprint density at radius 1 is 1.42 bits per heavy atom. The van der Waals surface area contributed by atoms with Crippen molar-refractivity contribution in [2.24, 2.45) is 7.05 Å². The van der Waals surface area contributed by atoms with Gasteiger partial charge in [-0.2, -0.15) is 5.10 Å². The molecule has 0 fully saturated rings. The number of rotatable bonds is 2. The van der Waals surface area contributed by atoms with Gasteiger partial charge >= 0.3 is 0 Å². The number of para-hydroxylation sites is 1. The zero-order valence-electron chi connectivity index (χ0n) is 11.2. The Labute approximate surface area is 122 Å². The van der Waals surface area contributed by atoms with Crippen molar-refractivity contribution in [2.45, 2.75) is 31.7 Å². The summed E-state index contributed by atoms with van der Waals surface area (Å²) < 4.78 is 3.08. The van der Waals surface area contributed by atoms with Crippen LogP contribution >= 0.6 is 15.9 Å². The first-order valence-corrected chi connectivity index (χ1v) is 7.46. The molecule has 0 radical (unpaired) electrons. The standard InChI is InChI=1S/C15H18BrN3/c1-10-7-11(8-15-13(16)9-17-19(15)2)12-5-3-4-6-14(12)18-10/h3-6,9-11,18H,7-8H2,1-2H3. The van der Waals surface area contributed by atoms with Gasteiger partial charge in [0.05, 0.1) is 16.4 Å². The quantitative estimate of drug-likeness (QED) is 0.914. The maximum atomic E-state index is 4.31. The smallest absolute Gasteiger partial charge is 0.0635 e. The summed E-state index contributed by atoms with van der Waals surface area (Å²) in [4.78, 5) is 0. The molecule has 19 heavy (non-hydrogen) atoms. The molecule has 1 aromatic carbocycles. The van der Waals surface area contributed by atoms with E-state index in [1.54, 1.807) is 0 Å². The number of aryl methyl sites for hydroxylation is 1. The number of hydrogen-bond donors (Lipinski definition) is 1. The second-order valence-electron chi connectivity index (χ2n) is 5.33. The van der Waals surface area contributed by atoms with E-state index in [0.29, 0.717) is 12.0 Å². The summed E-state index contributed by atoms with van der Waals surface area (Å²) in [6.07, 6.45) is 4.07. The number of anilines is 1. The average Bonchev–Trinajstić information content (AvgIpc) is 2.70. The Morgan fingerprint density at radius 2 is 2.21 bits per heavy atom. The first-order chi connectivity index (χ1) is 9.15. The zero-order valence-corrected chi connectivity index (χ0v) is 12.8. The van der Waals surface area contributed by atoms with Gasteiger partial charge in [0.15, 0.2) is 0 Å². The summed E-state index contributed by atoms with van der Waals surface area (Å²) in [5, 5.41) is 7.88. The third kappa shape index (κ3) is 2.41. The highest BCUT2D eigenvalue weighted by Gasteiger charge is 2.25. The van der Waals surface area contributed by atoms with Crippen LogP contribution in [0.5, 0.6) is 0 Å². The molecule has 0 spiro atoms. The molecule has 2 unspecified atom stereocenters. The fourth-order valence-electron chi connectivity index (χ4n) is 2.95. The molecule has 0 saturated carbocycles. The van der Waals surface area contributed by atoms with E-state index < -0.39 is 0 Å². The first kappa shape index (κ1) is 12.7. The minimum absolute atomic E-state index is 0.520. The number of nitrogens with one attached hydrogen (secondary N) is 1. The predicted octanol–water partition coefficient (Wildman–Crippen LogP) is 3.71. The monoisotopic (exact) mass is 319 g/mol. The molecule has 4 heteroatoms. The summed E-state index contributed by atoms with van der Waals surface area (Å²) in [6.45, 7) is 2.25. The van der Waals surface area contributed by atoms with Crippen LogP contribution in [0.25, 0.3) is 0 Å². The lowest BCUT2D eigenvalue weighted by atomic mass is 9.84. The lowest BCUT2D eigenvalue weighted by Crippen LogP contribution is -2.26. The van der Waals surface area contributed by atoms with Crippen LogP contribution in [-0.2, 0) is 13.5 Å². The van der Waals surface area contributed by atoms with Crippen LogP contribution < -0.4 is 5.32 Å². The van der Waals surface area contributed by atoms with E-state index in [4.69, 9.17) is 0 Å². The molecule has 1 N–H and O–H groups in total. The van der Waals surface area contributed by atoms with E-state index in [1.807, 2.05) is 17.9 Å². The van der Waals surface area contributed by atoms with Crippen molar-refractivity contribution < 1.29 is 0 Å². The number of benzene rings is 1. The van der Waals surface area contributed by atoms with Crippen LogP contribution in [0, 0.1) is 0 Å². The molecule has 100 valence electrons. The van der Waals surface area contributed by atoms with Crippen LogP contribution in [-0.4, -0.2) is 15.8 Å². The molecule has 3 rings (SSSR count). The molecule has 2 heterocycles. The molecule has 1 aliphatic rings. The van der Waals surface area contributed by atoms with Crippen LogP contribution in [0.1, 0.15) is 30.5 Å². The predicted molar refractivity (Wildman–Crippen MR) is 81.5 cm³/mol. The second-order valence-corrected chi connectivity index (χ2v) is 6.19. The van der Waals surface area contributed by atoms with Gasteiger partial charge in [-0.1, -0.05) is 18.2 Å². The maximum absolute atomic E-state index is 4.31. The van der Waals surface area contributed by atoms with Gasteiger partial charge in [-0.15, -0.1) is 0 Å². The molecule has 0 bridgehead atoms. The fraction of sp³-hybridized carbons (Fsp3) is 0.400. The molecular weight excluding hydrogens is 302 g/mol. The minimum Gasteiger partial charge on any atom is -0.382 e. The molecule has 0 aliphatic carbocycles. The Morgan fingerprint density at radius 3 is 2.95 bits per heavy atom. The van der Waals surface area contributed by atoms with Gasteiger partial charge in [0, 0.05) is 18.8 Å². The number of hydrogen-bond acceptors (Lipinski definition) is 2. The Hall–Kier alpha value is -1.29. The summed E-state index contributed by atoms with van der Waals surface area (Å²) in [5.74, 6) is 0.555. The van der Waals surface area contributed by atoms with Crippen molar-refractivity contribution in [2.75, 3.05) is 5.32 Å². The van der Waals surface area contributed by atoms with Gasteiger partial charge in [0.1, 0.15) is 0 Å². The van der Waals surface area contributed by atoms with Gasteiger partial charge in [-0.3, -0.25) is 4.68 Å². The molecular formula is C15H18BrN3. The minimum atomic E-state index is 0.520. The van der Waals surface area contributed by atoms with Crippen molar-refractivity contribution in [3.8, 4) is 0 Å². The topological polar surface area (TPSA) is 29.9 Å². The van der Waals surface area contributed by atoms with Crippen molar-refractivity contribution in [3.05, 3.63) is 46.2 Å². The molecule has 1 aliphatic heterocycles. The highest BCUT2D eigenvalue weighted by atomic mass is 79.9. The highest BCUT2D eigenvalue weighted by Crippen LogP contribution is 2.37.